The number of aliphatic hydroxyl groups is 1. The third-order valence-electron chi connectivity index (χ3n) is 5.44. The Bertz CT molecular complexity index is 1360. The monoisotopic (exact) mass is 460 g/mol. The molecule has 1 atom stereocenters. The van der Waals surface area contributed by atoms with Gasteiger partial charge in [0.2, 0.25) is 0 Å². The van der Waals surface area contributed by atoms with Crippen LogP contribution in [0.5, 0.6) is 0 Å². The molecule has 2 heterocycles. The van der Waals surface area contributed by atoms with Crippen molar-refractivity contribution in [2.75, 3.05) is 4.90 Å². The minimum absolute atomic E-state index is 0.0282. The normalized spacial score (nSPS) is 17.9. The maximum atomic E-state index is 13.2. The van der Waals surface area contributed by atoms with Crippen molar-refractivity contribution in [2.24, 2.45) is 0 Å². The Labute approximate surface area is 193 Å². The Kier molecular flexibility index (Phi) is 5.04. The average molecular weight is 461 g/mol. The van der Waals surface area contributed by atoms with E-state index in [2.05, 4.69) is 4.98 Å². The van der Waals surface area contributed by atoms with Gasteiger partial charge in [-0.15, -0.1) is 0 Å². The molecule has 158 valence electrons. The van der Waals surface area contributed by atoms with Crippen molar-refractivity contribution in [2.45, 2.75) is 13.0 Å². The topological polar surface area (TPSA) is 70.5 Å². The maximum Gasteiger partial charge on any atom is 0.301 e. The van der Waals surface area contributed by atoms with Crippen LogP contribution in [0, 0.1) is 6.92 Å². The Hall–Kier alpha value is -3.48. The second-order valence-corrected chi connectivity index (χ2v) is 9.00. The number of rotatable bonds is 3. The largest absolute Gasteiger partial charge is 0.507 e. The van der Waals surface area contributed by atoms with Crippen LogP contribution in [0.25, 0.3) is 16.0 Å². The lowest BCUT2D eigenvalue weighted by Gasteiger charge is -2.23. The zero-order valence-electron chi connectivity index (χ0n) is 16.9. The molecular formula is C25H17ClN2O3S. The van der Waals surface area contributed by atoms with E-state index >= 15 is 0 Å². The molecule has 1 N–H and O–H groups in total. The number of thiazole rings is 1. The van der Waals surface area contributed by atoms with E-state index in [1.807, 2.05) is 43.3 Å². The fourth-order valence-corrected chi connectivity index (χ4v) is 4.94. The van der Waals surface area contributed by atoms with E-state index in [4.69, 9.17) is 11.6 Å². The number of carbonyl (C=O) groups is 2. The third-order valence-corrected chi connectivity index (χ3v) is 6.73. The molecule has 0 unspecified atom stereocenters. The van der Waals surface area contributed by atoms with E-state index in [1.54, 1.807) is 36.4 Å². The molecule has 0 spiro atoms. The summed E-state index contributed by atoms with van der Waals surface area (Å²) in [5.41, 5.74) is 2.91. The summed E-state index contributed by atoms with van der Waals surface area (Å²) in [6, 6.07) is 20.8. The summed E-state index contributed by atoms with van der Waals surface area (Å²) in [6.45, 7) is 1.93. The van der Waals surface area contributed by atoms with Gasteiger partial charge in [0.25, 0.3) is 5.78 Å². The van der Waals surface area contributed by atoms with Gasteiger partial charge in [-0.3, -0.25) is 14.5 Å². The van der Waals surface area contributed by atoms with Gasteiger partial charge >= 0.3 is 5.91 Å². The van der Waals surface area contributed by atoms with Crippen molar-refractivity contribution < 1.29 is 14.7 Å². The summed E-state index contributed by atoms with van der Waals surface area (Å²) in [4.78, 5) is 32.3. The highest BCUT2D eigenvalue weighted by atomic mass is 35.5. The van der Waals surface area contributed by atoms with E-state index < -0.39 is 17.7 Å². The smallest absolute Gasteiger partial charge is 0.301 e. The number of para-hydroxylation sites is 1. The molecule has 3 aromatic carbocycles. The first-order valence-electron chi connectivity index (χ1n) is 9.93. The van der Waals surface area contributed by atoms with Crippen LogP contribution < -0.4 is 4.90 Å². The Morgan fingerprint density at radius 1 is 1.00 bits per heavy atom. The molecule has 1 aliphatic rings. The Morgan fingerprint density at radius 3 is 2.38 bits per heavy atom. The lowest BCUT2D eigenvalue weighted by atomic mass is 9.95. The number of anilines is 1. The van der Waals surface area contributed by atoms with Crippen molar-refractivity contribution in [3.8, 4) is 0 Å². The van der Waals surface area contributed by atoms with Gasteiger partial charge in [0, 0.05) is 10.6 Å². The first-order valence-corrected chi connectivity index (χ1v) is 11.1. The van der Waals surface area contributed by atoms with Crippen molar-refractivity contribution in [1.29, 1.82) is 0 Å². The Balaban J connectivity index is 1.73. The number of ketones is 1. The summed E-state index contributed by atoms with van der Waals surface area (Å²) in [5, 5.41) is 12.1. The number of aromatic nitrogens is 1. The van der Waals surface area contributed by atoms with Crippen molar-refractivity contribution in [3.63, 3.8) is 0 Å². The number of fused-ring (bicyclic) bond motifs is 1. The highest BCUT2D eigenvalue weighted by Crippen LogP contribution is 2.44. The van der Waals surface area contributed by atoms with Crippen LogP contribution in [0.2, 0.25) is 5.02 Å². The molecule has 1 amide bonds. The van der Waals surface area contributed by atoms with Gasteiger partial charge in [-0.05, 0) is 36.8 Å². The quantitative estimate of drug-likeness (QED) is 0.235. The molecule has 0 bridgehead atoms. The number of amides is 1. The van der Waals surface area contributed by atoms with E-state index in [0.717, 1.165) is 15.8 Å². The summed E-state index contributed by atoms with van der Waals surface area (Å²) in [6.07, 6.45) is 0. The maximum absolute atomic E-state index is 13.2. The highest BCUT2D eigenvalue weighted by molar-refractivity contribution is 7.22. The number of halogens is 1. The van der Waals surface area contributed by atoms with Crippen LogP contribution in [0.4, 0.5) is 5.13 Å². The molecule has 4 aromatic rings. The molecule has 5 rings (SSSR count). The first-order chi connectivity index (χ1) is 15.4. The van der Waals surface area contributed by atoms with Crippen LogP contribution in [0.15, 0.2) is 78.4 Å². The molecule has 5 nitrogen and oxygen atoms in total. The van der Waals surface area contributed by atoms with Crippen LogP contribution in [-0.4, -0.2) is 21.8 Å². The number of aliphatic hydroxyl groups excluding tert-OH is 1. The molecule has 7 heteroatoms. The van der Waals surface area contributed by atoms with Crippen LogP contribution >= 0.6 is 22.9 Å². The van der Waals surface area contributed by atoms with E-state index in [9.17, 15) is 14.7 Å². The van der Waals surface area contributed by atoms with Gasteiger partial charge < -0.3 is 5.11 Å². The number of hydrogen-bond donors (Lipinski definition) is 1. The number of benzene rings is 3. The summed E-state index contributed by atoms with van der Waals surface area (Å²) in [7, 11) is 0. The van der Waals surface area contributed by atoms with Gasteiger partial charge in [-0.25, -0.2) is 4.98 Å². The zero-order valence-corrected chi connectivity index (χ0v) is 18.5. The van der Waals surface area contributed by atoms with E-state index in [0.29, 0.717) is 21.3 Å². The zero-order chi connectivity index (χ0) is 22.4. The average Bonchev–Trinajstić information content (AvgIpc) is 3.33. The van der Waals surface area contributed by atoms with E-state index in [-0.39, 0.29) is 11.3 Å². The number of Topliss-reactive ketones (excluding diaryl/α,β-unsaturated/α-hetero) is 1. The van der Waals surface area contributed by atoms with Crippen molar-refractivity contribution in [3.05, 3.63) is 100 Å². The van der Waals surface area contributed by atoms with Crippen LogP contribution in [0.1, 0.15) is 22.7 Å². The summed E-state index contributed by atoms with van der Waals surface area (Å²) in [5.74, 6) is -1.69. The minimum atomic E-state index is -0.825. The van der Waals surface area contributed by atoms with Crippen LogP contribution in [0.3, 0.4) is 0 Å². The second-order valence-electron chi connectivity index (χ2n) is 7.55. The molecular weight excluding hydrogens is 444 g/mol. The van der Waals surface area contributed by atoms with Gasteiger partial charge in [0.1, 0.15) is 5.76 Å². The number of nitrogens with zero attached hydrogens (tertiary/aromatic N) is 2. The number of carbonyl (C=O) groups excluding carboxylic acids is 2. The lowest BCUT2D eigenvalue weighted by molar-refractivity contribution is -0.132. The van der Waals surface area contributed by atoms with Gasteiger partial charge in [0.15, 0.2) is 5.13 Å². The van der Waals surface area contributed by atoms with Gasteiger partial charge in [-0.2, -0.15) is 0 Å². The second kappa shape index (κ2) is 7.89. The summed E-state index contributed by atoms with van der Waals surface area (Å²) < 4.78 is 0.901. The molecule has 0 saturated carbocycles. The highest BCUT2D eigenvalue weighted by Gasteiger charge is 2.48. The molecule has 32 heavy (non-hydrogen) atoms. The predicted octanol–water partition coefficient (Wildman–Crippen LogP) is 5.88. The lowest BCUT2D eigenvalue weighted by Crippen LogP contribution is -2.29. The predicted molar refractivity (Wildman–Crippen MR) is 127 cm³/mol. The van der Waals surface area contributed by atoms with Gasteiger partial charge in [-0.1, -0.05) is 77.0 Å². The standard InChI is InChI=1S/C25H17ClN2O3S/c1-14-6-8-16(9-7-14)22(29)20-21(15-10-12-17(26)13-11-15)28(24(31)23(20)30)25-27-18-4-2-3-5-19(18)32-25/h2-13,21,29H,1H3/b22-20+/t21-/m1/s1. The minimum Gasteiger partial charge on any atom is -0.507 e. The fourth-order valence-electron chi connectivity index (χ4n) is 3.82. The Morgan fingerprint density at radius 2 is 1.69 bits per heavy atom. The molecule has 1 saturated heterocycles. The molecule has 0 radical (unpaired) electrons. The van der Waals surface area contributed by atoms with Crippen molar-refractivity contribution >= 4 is 55.7 Å². The fraction of sp³-hybridized carbons (Fsp3) is 0.0800. The van der Waals surface area contributed by atoms with Crippen molar-refractivity contribution in [1.82, 2.24) is 4.98 Å². The number of aryl methyl sites for hydroxylation is 1. The SMILES string of the molecule is Cc1ccc(/C(O)=C2\C(=O)C(=O)N(c3nc4ccccc4s3)[C@@H]2c2ccc(Cl)cc2)cc1. The van der Waals surface area contributed by atoms with E-state index in [1.165, 1.54) is 16.2 Å². The third kappa shape index (κ3) is 3.38. The molecule has 1 aliphatic heterocycles. The number of hydrogen-bond acceptors (Lipinski definition) is 5. The molecule has 1 fully saturated rings. The van der Waals surface area contributed by atoms with Gasteiger partial charge in [0.05, 0.1) is 21.8 Å². The first kappa shape index (κ1) is 20.4. The van der Waals surface area contributed by atoms with Crippen LogP contribution in [-0.2, 0) is 9.59 Å². The molecule has 0 aliphatic carbocycles. The molecule has 1 aromatic heterocycles. The summed E-state index contributed by atoms with van der Waals surface area (Å²) >= 11 is 7.40.